The van der Waals surface area contributed by atoms with E-state index in [1.165, 1.54) is 10.9 Å². The van der Waals surface area contributed by atoms with Gasteiger partial charge in [-0.2, -0.15) is 0 Å². The van der Waals surface area contributed by atoms with Gasteiger partial charge in [-0.05, 0) is 36.2 Å². The Morgan fingerprint density at radius 2 is 2.04 bits per heavy atom. The van der Waals surface area contributed by atoms with Gasteiger partial charge in [-0.15, -0.1) is 0 Å². The van der Waals surface area contributed by atoms with Crippen LogP contribution in [-0.2, 0) is 17.9 Å². The van der Waals surface area contributed by atoms with E-state index in [-0.39, 0.29) is 24.6 Å². The Balaban J connectivity index is 1.83. The number of hydrogen-bond donors (Lipinski definition) is 2. The van der Waals surface area contributed by atoms with Gasteiger partial charge in [0.1, 0.15) is 6.54 Å². The molecule has 0 saturated carbocycles. The molecule has 0 aliphatic carbocycles. The van der Waals surface area contributed by atoms with Gasteiger partial charge in [0.15, 0.2) is 0 Å². The molecule has 6 heteroatoms. The molecule has 24 heavy (non-hydrogen) atoms. The predicted octanol–water partition coefficient (Wildman–Crippen LogP) is 1.84. The lowest BCUT2D eigenvalue weighted by Gasteiger charge is -2.09. The second kappa shape index (κ2) is 6.64. The molecule has 0 fully saturated rings. The number of para-hydroxylation sites is 1. The highest BCUT2D eigenvalue weighted by molar-refractivity contribution is 5.90. The lowest BCUT2D eigenvalue weighted by molar-refractivity contribution is -0.116. The van der Waals surface area contributed by atoms with Crippen molar-refractivity contribution in [3.05, 3.63) is 70.3 Å². The van der Waals surface area contributed by atoms with Crippen LogP contribution in [0.1, 0.15) is 11.1 Å². The lowest BCUT2D eigenvalue weighted by Crippen LogP contribution is -2.28. The molecule has 0 atom stereocenters. The van der Waals surface area contributed by atoms with Crippen LogP contribution < -0.4 is 10.9 Å². The molecule has 0 unspecified atom stereocenters. The zero-order valence-corrected chi connectivity index (χ0v) is 13.2. The van der Waals surface area contributed by atoms with Gasteiger partial charge < -0.3 is 10.4 Å². The number of benzene rings is 2. The number of carbonyl (C=O) groups is 1. The van der Waals surface area contributed by atoms with Crippen LogP contribution >= 0.6 is 0 Å². The zero-order chi connectivity index (χ0) is 17.1. The Labute approximate surface area is 138 Å². The van der Waals surface area contributed by atoms with Crippen molar-refractivity contribution >= 4 is 22.5 Å². The van der Waals surface area contributed by atoms with Gasteiger partial charge in [-0.1, -0.05) is 24.3 Å². The number of aliphatic hydroxyl groups is 1. The molecule has 1 amide bonds. The van der Waals surface area contributed by atoms with Gasteiger partial charge in [0.2, 0.25) is 5.91 Å². The van der Waals surface area contributed by atoms with E-state index in [1.54, 1.807) is 36.4 Å². The Bertz CT molecular complexity index is 963. The summed E-state index contributed by atoms with van der Waals surface area (Å²) in [6, 6.07) is 12.3. The van der Waals surface area contributed by atoms with E-state index in [0.717, 1.165) is 5.56 Å². The Morgan fingerprint density at radius 3 is 2.83 bits per heavy atom. The highest BCUT2D eigenvalue weighted by atomic mass is 16.3. The minimum Gasteiger partial charge on any atom is -0.392 e. The first kappa shape index (κ1) is 15.9. The number of nitrogens with zero attached hydrogens (tertiary/aromatic N) is 2. The third kappa shape index (κ3) is 3.18. The molecule has 1 aromatic heterocycles. The molecule has 6 nitrogen and oxygen atoms in total. The summed E-state index contributed by atoms with van der Waals surface area (Å²) < 4.78 is 1.28. The van der Waals surface area contributed by atoms with Gasteiger partial charge in [-0.25, -0.2) is 4.98 Å². The molecule has 1 heterocycles. The molecule has 3 aromatic rings. The highest BCUT2D eigenvalue weighted by Gasteiger charge is 2.09. The fraction of sp³-hybridized carbons (Fsp3) is 0.167. The second-order valence-corrected chi connectivity index (χ2v) is 5.56. The van der Waals surface area contributed by atoms with Crippen molar-refractivity contribution < 1.29 is 9.90 Å². The molecular formula is C18H17N3O3. The number of aryl methyl sites for hydroxylation is 1. The first-order chi connectivity index (χ1) is 11.6. The molecule has 0 spiro atoms. The van der Waals surface area contributed by atoms with E-state index in [4.69, 9.17) is 5.11 Å². The molecule has 2 aromatic carbocycles. The molecule has 3 rings (SSSR count). The van der Waals surface area contributed by atoms with Crippen LogP contribution in [0.2, 0.25) is 0 Å². The van der Waals surface area contributed by atoms with E-state index in [2.05, 4.69) is 10.3 Å². The van der Waals surface area contributed by atoms with Crippen LogP contribution in [0.25, 0.3) is 10.9 Å². The SMILES string of the molecule is Cc1cccc2c(=O)n(CC(=O)Nc3cccc(CO)c3)cnc12. The standard InChI is InChI=1S/C18H17N3O3/c1-12-4-2-7-15-17(12)19-11-21(18(15)24)9-16(23)20-14-6-3-5-13(8-14)10-22/h2-8,11,22H,9-10H2,1H3,(H,20,23). The average Bonchev–Trinajstić information content (AvgIpc) is 2.58. The van der Waals surface area contributed by atoms with Crippen molar-refractivity contribution in [2.45, 2.75) is 20.1 Å². The number of carbonyl (C=O) groups excluding carboxylic acids is 1. The van der Waals surface area contributed by atoms with Crippen LogP contribution in [0.3, 0.4) is 0 Å². The molecule has 0 aliphatic rings. The summed E-state index contributed by atoms with van der Waals surface area (Å²) in [7, 11) is 0. The number of rotatable bonds is 4. The van der Waals surface area contributed by atoms with E-state index in [1.807, 2.05) is 13.0 Å². The Hall–Kier alpha value is -2.99. The molecular weight excluding hydrogens is 306 g/mol. The van der Waals surface area contributed by atoms with E-state index >= 15 is 0 Å². The Morgan fingerprint density at radius 1 is 1.25 bits per heavy atom. The van der Waals surface area contributed by atoms with Crippen LogP contribution in [-0.4, -0.2) is 20.6 Å². The third-order valence-corrected chi connectivity index (χ3v) is 3.76. The first-order valence-electron chi connectivity index (χ1n) is 7.53. The third-order valence-electron chi connectivity index (χ3n) is 3.76. The van der Waals surface area contributed by atoms with Crippen LogP contribution in [0.4, 0.5) is 5.69 Å². The molecule has 122 valence electrons. The minimum absolute atomic E-state index is 0.100. The van der Waals surface area contributed by atoms with E-state index in [9.17, 15) is 9.59 Å². The largest absolute Gasteiger partial charge is 0.392 e. The lowest BCUT2D eigenvalue weighted by atomic mass is 10.1. The molecule has 0 saturated heterocycles. The summed E-state index contributed by atoms with van der Waals surface area (Å²) in [4.78, 5) is 28.9. The van der Waals surface area contributed by atoms with Crippen LogP contribution in [0.5, 0.6) is 0 Å². The number of amides is 1. The van der Waals surface area contributed by atoms with Crippen LogP contribution in [0, 0.1) is 6.92 Å². The van der Waals surface area contributed by atoms with Gasteiger partial charge in [0, 0.05) is 5.69 Å². The van der Waals surface area contributed by atoms with Crippen molar-refractivity contribution in [3.8, 4) is 0 Å². The second-order valence-electron chi connectivity index (χ2n) is 5.56. The van der Waals surface area contributed by atoms with Gasteiger partial charge in [-0.3, -0.25) is 14.2 Å². The van der Waals surface area contributed by atoms with Crippen molar-refractivity contribution in [2.75, 3.05) is 5.32 Å². The summed E-state index contributed by atoms with van der Waals surface area (Å²) in [5.41, 5.74) is 2.59. The monoisotopic (exact) mass is 323 g/mol. The molecule has 0 bridgehead atoms. The zero-order valence-electron chi connectivity index (χ0n) is 13.2. The van der Waals surface area contributed by atoms with E-state index in [0.29, 0.717) is 22.2 Å². The first-order valence-corrected chi connectivity index (χ1v) is 7.53. The summed E-state index contributed by atoms with van der Waals surface area (Å²) in [6.07, 6.45) is 1.39. The van der Waals surface area contributed by atoms with Gasteiger partial charge in [0.05, 0.1) is 23.8 Å². The highest BCUT2D eigenvalue weighted by Crippen LogP contribution is 2.12. The predicted molar refractivity (Wildman–Crippen MR) is 91.7 cm³/mol. The van der Waals surface area contributed by atoms with Crippen molar-refractivity contribution in [3.63, 3.8) is 0 Å². The van der Waals surface area contributed by atoms with Gasteiger partial charge in [0.25, 0.3) is 5.56 Å². The number of aliphatic hydroxyl groups excluding tert-OH is 1. The van der Waals surface area contributed by atoms with Crippen molar-refractivity contribution in [1.29, 1.82) is 0 Å². The minimum atomic E-state index is -0.332. The maximum Gasteiger partial charge on any atom is 0.261 e. The fourth-order valence-corrected chi connectivity index (χ4v) is 2.55. The topological polar surface area (TPSA) is 84.2 Å². The van der Waals surface area contributed by atoms with E-state index < -0.39 is 0 Å². The number of hydrogen-bond acceptors (Lipinski definition) is 4. The molecule has 0 radical (unpaired) electrons. The normalized spacial score (nSPS) is 10.8. The summed E-state index contributed by atoms with van der Waals surface area (Å²) >= 11 is 0. The quantitative estimate of drug-likeness (QED) is 0.767. The Kier molecular flexibility index (Phi) is 4.39. The van der Waals surface area contributed by atoms with Crippen molar-refractivity contribution in [1.82, 2.24) is 9.55 Å². The maximum absolute atomic E-state index is 12.5. The summed E-state index contributed by atoms with van der Waals surface area (Å²) in [5, 5.41) is 12.3. The summed E-state index contributed by atoms with van der Waals surface area (Å²) in [5.74, 6) is -0.332. The van der Waals surface area contributed by atoms with Crippen molar-refractivity contribution in [2.24, 2.45) is 0 Å². The summed E-state index contributed by atoms with van der Waals surface area (Å²) in [6.45, 7) is 1.66. The molecule has 0 aliphatic heterocycles. The average molecular weight is 323 g/mol. The fourth-order valence-electron chi connectivity index (χ4n) is 2.55. The number of aromatic nitrogens is 2. The number of nitrogens with one attached hydrogen (secondary N) is 1. The maximum atomic E-state index is 12.5. The number of anilines is 1. The van der Waals surface area contributed by atoms with Crippen LogP contribution in [0.15, 0.2) is 53.6 Å². The smallest absolute Gasteiger partial charge is 0.261 e. The number of fused-ring (bicyclic) bond motifs is 1. The van der Waals surface area contributed by atoms with Gasteiger partial charge >= 0.3 is 0 Å². The molecule has 2 N–H and O–H groups in total.